The number of nitrogens with one attached hydrogen (secondary N) is 1. The second-order valence-electron chi connectivity index (χ2n) is 7.60. The Hall–Kier alpha value is -1.80. The largest absolute Gasteiger partial charge is 0.490 e. The first-order valence-corrected chi connectivity index (χ1v) is 10.3. The summed E-state index contributed by atoms with van der Waals surface area (Å²) in [5.41, 5.74) is 2.72. The number of ether oxygens (including phenoxy) is 1. The van der Waals surface area contributed by atoms with Crippen LogP contribution < -0.4 is 10.1 Å². The molecule has 1 heterocycles. The fourth-order valence-corrected chi connectivity index (χ4v) is 3.94. The number of para-hydroxylation sites is 1. The lowest BCUT2D eigenvalue weighted by Crippen LogP contribution is -2.32. The molecule has 0 spiro atoms. The molecule has 2 nitrogen and oxygen atoms in total. The minimum absolute atomic E-state index is 0.362. The first-order chi connectivity index (χ1) is 12.8. The van der Waals surface area contributed by atoms with Gasteiger partial charge in [-0.2, -0.15) is 0 Å². The Balaban J connectivity index is 1.61. The van der Waals surface area contributed by atoms with E-state index in [1.807, 2.05) is 0 Å². The van der Waals surface area contributed by atoms with Crippen molar-refractivity contribution in [2.45, 2.75) is 70.4 Å². The van der Waals surface area contributed by atoms with E-state index >= 15 is 0 Å². The monoisotopic (exact) mass is 351 g/mol. The van der Waals surface area contributed by atoms with Crippen LogP contribution in [-0.2, 0) is 0 Å². The van der Waals surface area contributed by atoms with Gasteiger partial charge in [-0.15, -0.1) is 0 Å². The molecule has 0 bridgehead atoms. The molecule has 3 atom stereocenters. The van der Waals surface area contributed by atoms with Gasteiger partial charge >= 0.3 is 0 Å². The van der Waals surface area contributed by atoms with E-state index in [2.05, 4.69) is 73.8 Å². The fraction of sp³-hybridized carbons (Fsp3) is 0.500. The molecular weight excluding hydrogens is 318 g/mol. The van der Waals surface area contributed by atoms with Crippen molar-refractivity contribution in [2.75, 3.05) is 6.54 Å². The quantitative estimate of drug-likeness (QED) is 0.540. The number of rotatable bonds is 9. The third kappa shape index (κ3) is 5.11. The maximum absolute atomic E-state index is 6.31. The van der Waals surface area contributed by atoms with Gasteiger partial charge in [-0.1, -0.05) is 74.7 Å². The standard InChI is InChI=1S/C24H33NO/c1-3-4-5-9-14-22-17-21(23-15-10-11-16-24(23)26-22)18-25-19(2)20-12-7-6-8-13-20/h6-8,10-13,15-16,19,21-22,25H,3-5,9,14,17-18H2,1-2H3/t19?,21-,22?/m0/s1. The van der Waals surface area contributed by atoms with Gasteiger partial charge in [0.05, 0.1) is 6.10 Å². The number of unbranched alkanes of at least 4 members (excludes halogenated alkanes) is 3. The summed E-state index contributed by atoms with van der Waals surface area (Å²) in [5.74, 6) is 1.63. The first-order valence-electron chi connectivity index (χ1n) is 10.3. The molecule has 0 saturated heterocycles. The number of benzene rings is 2. The molecule has 1 N–H and O–H groups in total. The lowest BCUT2D eigenvalue weighted by atomic mass is 9.87. The van der Waals surface area contributed by atoms with Crippen LogP contribution >= 0.6 is 0 Å². The van der Waals surface area contributed by atoms with Crippen LogP contribution in [0.5, 0.6) is 5.75 Å². The summed E-state index contributed by atoms with van der Waals surface area (Å²) in [6.45, 7) is 5.52. The predicted octanol–water partition coefficient (Wildman–Crippen LogP) is 6.24. The lowest BCUT2D eigenvalue weighted by Gasteiger charge is -2.33. The highest BCUT2D eigenvalue weighted by atomic mass is 16.5. The molecule has 2 aromatic carbocycles. The second kappa shape index (κ2) is 9.78. The zero-order chi connectivity index (χ0) is 18.2. The topological polar surface area (TPSA) is 21.3 Å². The Morgan fingerprint density at radius 3 is 2.58 bits per heavy atom. The van der Waals surface area contributed by atoms with Gasteiger partial charge in [0.2, 0.25) is 0 Å². The number of hydrogen-bond acceptors (Lipinski definition) is 2. The highest BCUT2D eigenvalue weighted by Gasteiger charge is 2.27. The highest BCUT2D eigenvalue weighted by Crippen LogP contribution is 2.37. The minimum atomic E-state index is 0.362. The predicted molar refractivity (Wildman–Crippen MR) is 110 cm³/mol. The summed E-state index contributed by atoms with van der Waals surface area (Å²) in [7, 11) is 0. The van der Waals surface area contributed by atoms with Crippen molar-refractivity contribution in [3.05, 3.63) is 65.7 Å². The molecule has 0 radical (unpaired) electrons. The van der Waals surface area contributed by atoms with Crippen molar-refractivity contribution >= 4 is 0 Å². The number of fused-ring (bicyclic) bond motifs is 1. The fourth-order valence-electron chi connectivity index (χ4n) is 3.94. The van der Waals surface area contributed by atoms with Gasteiger partial charge in [0.25, 0.3) is 0 Å². The Kier molecular flexibility index (Phi) is 7.13. The van der Waals surface area contributed by atoms with Gasteiger partial charge < -0.3 is 10.1 Å². The highest BCUT2D eigenvalue weighted by molar-refractivity contribution is 5.38. The van der Waals surface area contributed by atoms with E-state index < -0.39 is 0 Å². The third-order valence-electron chi connectivity index (χ3n) is 5.55. The van der Waals surface area contributed by atoms with Crippen LogP contribution in [-0.4, -0.2) is 12.6 Å². The molecule has 0 fully saturated rings. The Labute approximate surface area is 159 Å². The zero-order valence-corrected chi connectivity index (χ0v) is 16.3. The molecule has 26 heavy (non-hydrogen) atoms. The zero-order valence-electron chi connectivity index (χ0n) is 16.3. The normalized spacial score (nSPS) is 20.2. The summed E-state index contributed by atoms with van der Waals surface area (Å²) in [6.07, 6.45) is 7.89. The van der Waals surface area contributed by atoms with Gasteiger partial charge in [0.1, 0.15) is 5.75 Å². The summed E-state index contributed by atoms with van der Waals surface area (Å²) < 4.78 is 6.31. The minimum Gasteiger partial charge on any atom is -0.490 e. The second-order valence-corrected chi connectivity index (χ2v) is 7.60. The summed E-state index contributed by atoms with van der Waals surface area (Å²) in [5, 5.41) is 3.75. The van der Waals surface area contributed by atoms with Gasteiger partial charge in [-0.05, 0) is 43.4 Å². The molecule has 0 aromatic heterocycles. The molecule has 2 unspecified atom stereocenters. The van der Waals surface area contributed by atoms with Gasteiger partial charge in [0, 0.05) is 18.5 Å². The van der Waals surface area contributed by atoms with Crippen molar-refractivity contribution in [1.29, 1.82) is 0 Å². The third-order valence-corrected chi connectivity index (χ3v) is 5.55. The van der Waals surface area contributed by atoms with Crippen LogP contribution in [0.2, 0.25) is 0 Å². The first kappa shape index (κ1) is 19.0. The van der Waals surface area contributed by atoms with Crippen LogP contribution in [0.25, 0.3) is 0 Å². The Morgan fingerprint density at radius 2 is 1.77 bits per heavy atom. The maximum Gasteiger partial charge on any atom is 0.123 e. The summed E-state index contributed by atoms with van der Waals surface area (Å²) >= 11 is 0. The molecule has 1 aliphatic rings. The van der Waals surface area contributed by atoms with Crippen LogP contribution in [0.1, 0.15) is 75.5 Å². The van der Waals surface area contributed by atoms with Gasteiger partial charge in [0.15, 0.2) is 0 Å². The van der Waals surface area contributed by atoms with Crippen molar-refractivity contribution in [3.8, 4) is 5.75 Å². The molecular formula is C24H33NO. The molecule has 3 rings (SSSR count). The van der Waals surface area contributed by atoms with Crippen LogP contribution in [0.15, 0.2) is 54.6 Å². The molecule has 0 aliphatic carbocycles. The van der Waals surface area contributed by atoms with E-state index in [1.54, 1.807) is 0 Å². The maximum atomic E-state index is 6.31. The van der Waals surface area contributed by atoms with E-state index in [4.69, 9.17) is 4.74 Å². The van der Waals surface area contributed by atoms with Crippen LogP contribution in [0, 0.1) is 0 Å². The van der Waals surface area contributed by atoms with Crippen LogP contribution in [0.4, 0.5) is 0 Å². The van der Waals surface area contributed by atoms with E-state index in [9.17, 15) is 0 Å². The molecule has 140 valence electrons. The van der Waals surface area contributed by atoms with Crippen molar-refractivity contribution in [2.24, 2.45) is 0 Å². The Morgan fingerprint density at radius 1 is 1.00 bits per heavy atom. The molecule has 2 heteroatoms. The van der Waals surface area contributed by atoms with Crippen LogP contribution in [0.3, 0.4) is 0 Å². The smallest absolute Gasteiger partial charge is 0.123 e. The number of hydrogen-bond donors (Lipinski definition) is 1. The van der Waals surface area contributed by atoms with Gasteiger partial charge in [-0.3, -0.25) is 0 Å². The molecule has 0 saturated carbocycles. The van der Waals surface area contributed by atoms with E-state index in [0.717, 1.165) is 18.7 Å². The average molecular weight is 352 g/mol. The molecule has 2 aromatic rings. The van der Waals surface area contributed by atoms with E-state index in [1.165, 1.54) is 43.2 Å². The lowest BCUT2D eigenvalue weighted by molar-refractivity contribution is 0.144. The van der Waals surface area contributed by atoms with Crippen molar-refractivity contribution in [3.63, 3.8) is 0 Å². The van der Waals surface area contributed by atoms with E-state index in [-0.39, 0.29) is 0 Å². The molecule has 0 amide bonds. The Bertz CT molecular complexity index is 654. The summed E-state index contributed by atoms with van der Waals surface area (Å²) in [6, 6.07) is 19.7. The van der Waals surface area contributed by atoms with Crippen molar-refractivity contribution < 1.29 is 4.74 Å². The SMILES string of the molecule is CCCCCCC1C[C@@H](CNC(C)c2ccccc2)c2ccccc2O1. The average Bonchev–Trinajstić information content (AvgIpc) is 2.70. The summed E-state index contributed by atoms with van der Waals surface area (Å²) in [4.78, 5) is 0. The van der Waals surface area contributed by atoms with E-state index in [0.29, 0.717) is 18.1 Å². The van der Waals surface area contributed by atoms with Gasteiger partial charge in [-0.25, -0.2) is 0 Å². The van der Waals surface area contributed by atoms with Crippen molar-refractivity contribution in [1.82, 2.24) is 5.32 Å². The molecule has 1 aliphatic heterocycles.